The van der Waals surface area contributed by atoms with Crippen LogP contribution in [0.25, 0.3) is 0 Å². The van der Waals surface area contributed by atoms with Crippen LogP contribution in [0.3, 0.4) is 0 Å². The summed E-state index contributed by atoms with van der Waals surface area (Å²) in [6, 6.07) is 3.54. The molecule has 1 aliphatic rings. The molecule has 1 fully saturated rings. The van der Waals surface area contributed by atoms with Gasteiger partial charge in [-0.1, -0.05) is 6.92 Å². The van der Waals surface area contributed by atoms with Crippen LogP contribution in [0.2, 0.25) is 0 Å². The highest BCUT2D eigenvalue weighted by Crippen LogP contribution is 2.33. The molecule has 0 spiro atoms. The molecule has 0 amide bonds. The maximum atomic E-state index is 11.1. The third-order valence-corrected chi connectivity index (χ3v) is 3.50. The minimum Gasteiger partial charge on any atom is -0.479 e. The van der Waals surface area contributed by atoms with Gasteiger partial charge in [0.25, 0.3) is 0 Å². The first-order valence-corrected chi connectivity index (χ1v) is 7.20. The van der Waals surface area contributed by atoms with Crippen molar-refractivity contribution in [3.63, 3.8) is 0 Å². The molecule has 3 atom stereocenters. The van der Waals surface area contributed by atoms with E-state index >= 15 is 0 Å². The fraction of sp³-hybridized carbons (Fsp3) is 0.643. The van der Waals surface area contributed by atoms with E-state index in [1.54, 1.807) is 19.1 Å². The average molecular weight is 295 g/mol. The first-order valence-electron chi connectivity index (χ1n) is 7.20. The Morgan fingerprint density at radius 1 is 1.48 bits per heavy atom. The number of nitrogens with zero attached hydrogens (tertiary/aromatic N) is 2. The number of aromatic nitrogens is 1. The van der Waals surface area contributed by atoms with Gasteiger partial charge in [-0.2, -0.15) is 0 Å². The molecule has 0 aromatic carbocycles. The quantitative estimate of drug-likeness (QED) is 0.610. The third-order valence-electron chi connectivity index (χ3n) is 3.50. The lowest BCUT2D eigenvalue weighted by atomic mass is 9.85. The molecule has 2 rings (SSSR count). The van der Waals surface area contributed by atoms with Crippen LogP contribution in [0.5, 0.6) is 5.75 Å². The standard InChI is InChI=1S/C14H21N3O4/c1-4-15-10-8-12(13(10)20-5-2)21-11-7-6-9(3)16-14(11)17(18)19/h6-7,10,12-13,15H,4-5,8H2,1-3H3. The van der Waals surface area contributed by atoms with E-state index in [0.717, 1.165) is 13.0 Å². The maximum Gasteiger partial charge on any atom is 0.406 e. The summed E-state index contributed by atoms with van der Waals surface area (Å²) in [5, 5.41) is 14.4. The number of hydrogen-bond acceptors (Lipinski definition) is 6. The number of nitro groups is 1. The molecule has 0 aliphatic heterocycles. The van der Waals surface area contributed by atoms with Gasteiger partial charge in [0.1, 0.15) is 17.9 Å². The van der Waals surface area contributed by atoms with Crippen LogP contribution in [0.15, 0.2) is 12.1 Å². The molecule has 1 aliphatic carbocycles. The first-order chi connectivity index (χ1) is 10.1. The summed E-state index contributed by atoms with van der Waals surface area (Å²) in [5.41, 5.74) is 0.592. The second-order valence-corrected chi connectivity index (χ2v) is 5.01. The lowest BCUT2D eigenvalue weighted by molar-refractivity contribution is -0.391. The molecule has 1 N–H and O–H groups in total. The maximum absolute atomic E-state index is 11.1. The normalized spacial score (nSPS) is 24.4. The molecule has 0 bridgehead atoms. The van der Waals surface area contributed by atoms with Gasteiger partial charge in [-0.25, -0.2) is 0 Å². The average Bonchev–Trinajstić information content (AvgIpc) is 2.44. The number of pyridine rings is 1. The SMILES string of the molecule is CCNC1CC(Oc2ccc(C)nc2[N+](=O)[O-])C1OCC. The topological polar surface area (TPSA) is 86.5 Å². The molecule has 7 heteroatoms. The molecule has 1 aromatic heterocycles. The van der Waals surface area contributed by atoms with Crippen molar-refractivity contribution in [2.75, 3.05) is 13.2 Å². The van der Waals surface area contributed by atoms with Gasteiger partial charge >= 0.3 is 5.82 Å². The molecular formula is C14H21N3O4. The Morgan fingerprint density at radius 3 is 2.86 bits per heavy atom. The van der Waals surface area contributed by atoms with E-state index in [0.29, 0.717) is 12.3 Å². The Hall–Kier alpha value is -1.73. The predicted molar refractivity (Wildman–Crippen MR) is 77.5 cm³/mol. The summed E-state index contributed by atoms with van der Waals surface area (Å²) in [6.07, 6.45) is 0.497. The van der Waals surface area contributed by atoms with Gasteiger partial charge in [0, 0.05) is 26.0 Å². The van der Waals surface area contributed by atoms with E-state index < -0.39 is 4.92 Å². The van der Waals surface area contributed by atoms with Crippen LogP contribution < -0.4 is 10.1 Å². The fourth-order valence-corrected chi connectivity index (χ4v) is 2.49. The van der Waals surface area contributed by atoms with Crippen LogP contribution in [0.4, 0.5) is 5.82 Å². The fourth-order valence-electron chi connectivity index (χ4n) is 2.49. The minimum atomic E-state index is -0.515. The van der Waals surface area contributed by atoms with E-state index in [4.69, 9.17) is 9.47 Å². The number of likely N-dealkylation sites (N-methyl/N-ethyl adjacent to an activating group) is 1. The number of rotatable bonds is 7. The molecule has 0 radical (unpaired) electrons. The minimum absolute atomic E-state index is 0.0872. The second kappa shape index (κ2) is 6.82. The van der Waals surface area contributed by atoms with Crippen LogP contribution in [0.1, 0.15) is 26.0 Å². The predicted octanol–water partition coefficient (Wildman–Crippen LogP) is 1.83. The van der Waals surface area contributed by atoms with Crippen molar-refractivity contribution in [2.45, 2.75) is 45.4 Å². The van der Waals surface area contributed by atoms with Crippen molar-refractivity contribution < 1.29 is 14.4 Å². The zero-order valence-electron chi connectivity index (χ0n) is 12.5. The molecular weight excluding hydrogens is 274 g/mol. The summed E-state index contributed by atoms with van der Waals surface area (Å²) in [6.45, 7) is 7.11. The van der Waals surface area contributed by atoms with Crippen molar-refractivity contribution in [3.05, 3.63) is 27.9 Å². The van der Waals surface area contributed by atoms with Crippen LogP contribution in [-0.4, -0.2) is 41.3 Å². The molecule has 1 aromatic rings. The molecule has 1 saturated carbocycles. The van der Waals surface area contributed by atoms with Gasteiger partial charge in [0.05, 0.1) is 0 Å². The van der Waals surface area contributed by atoms with E-state index in [1.807, 2.05) is 13.8 Å². The summed E-state index contributed by atoms with van der Waals surface area (Å²) in [5.74, 6) is -0.0348. The second-order valence-electron chi connectivity index (χ2n) is 5.01. The van der Waals surface area contributed by atoms with Crippen LogP contribution in [-0.2, 0) is 4.74 Å². The van der Waals surface area contributed by atoms with Crippen molar-refractivity contribution in [1.29, 1.82) is 0 Å². The molecule has 21 heavy (non-hydrogen) atoms. The van der Waals surface area contributed by atoms with Gasteiger partial charge in [-0.05, 0) is 35.5 Å². The highest BCUT2D eigenvalue weighted by Gasteiger charge is 2.44. The summed E-state index contributed by atoms with van der Waals surface area (Å²) < 4.78 is 11.4. The van der Waals surface area contributed by atoms with E-state index in [-0.39, 0.29) is 29.8 Å². The number of hydrogen-bond donors (Lipinski definition) is 1. The Kier molecular flexibility index (Phi) is 5.08. The molecule has 7 nitrogen and oxygen atoms in total. The van der Waals surface area contributed by atoms with E-state index in [9.17, 15) is 10.1 Å². The monoisotopic (exact) mass is 295 g/mol. The van der Waals surface area contributed by atoms with Crippen LogP contribution in [0, 0.1) is 17.0 Å². The van der Waals surface area contributed by atoms with Gasteiger partial charge in [-0.15, -0.1) is 0 Å². The highest BCUT2D eigenvalue weighted by atomic mass is 16.6. The van der Waals surface area contributed by atoms with Gasteiger partial charge in [0.2, 0.25) is 5.75 Å². The molecule has 3 unspecified atom stereocenters. The zero-order valence-corrected chi connectivity index (χ0v) is 12.5. The lowest BCUT2D eigenvalue weighted by Gasteiger charge is -2.43. The summed E-state index contributed by atoms with van der Waals surface area (Å²) >= 11 is 0. The Morgan fingerprint density at radius 2 is 2.24 bits per heavy atom. The third kappa shape index (κ3) is 3.48. The van der Waals surface area contributed by atoms with E-state index in [2.05, 4.69) is 10.3 Å². The smallest absolute Gasteiger partial charge is 0.406 e. The van der Waals surface area contributed by atoms with Gasteiger partial charge in [0.15, 0.2) is 0 Å². The summed E-state index contributed by atoms with van der Waals surface area (Å²) in [7, 11) is 0. The molecule has 116 valence electrons. The van der Waals surface area contributed by atoms with Gasteiger partial charge < -0.3 is 24.9 Å². The lowest BCUT2D eigenvalue weighted by Crippen LogP contribution is -2.61. The van der Waals surface area contributed by atoms with Crippen molar-refractivity contribution >= 4 is 5.82 Å². The molecule has 0 saturated heterocycles. The first kappa shape index (κ1) is 15.7. The van der Waals surface area contributed by atoms with Gasteiger partial charge in [-0.3, -0.25) is 0 Å². The van der Waals surface area contributed by atoms with E-state index in [1.165, 1.54) is 0 Å². The largest absolute Gasteiger partial charge is 0.479 e. The van der Waals surface area contributed by atoms with Crippen molar-refractivity contribution in [2.24, 2.45) is 0 Å². The zero-order chi connectivity index (χ0) is 15.4. The number of nitrogens with one attached hydrogen (secondary N) is 1. The highest BCUT2D eigenvalue weighted by molar-refractivity contribution is 5.40. The molecule has 1 heterocycles. The summed E-state index contributed by atoms with van der Waals surface area (Å²) in [4.78, 5) is 14.5. The number of aryl methyl sites for hydroxylation is 1. The Bertz CT molecular complexity index is 509. The Balaban J connectivity index is 2.09. The number of ether oxygens (including phenoxy) is 2. The van der Waals surface area contributed by atoms with Crippen LogP contribution >= 0.6 is 0 Å². The van der Waals surface area contributed by atoms with Crippen molar-refractivity contribution in [1.82, 2.24) is 10.3 Å². The van der Waals surface area contributed by atoms with Crippen molar-refractivity contribution in [3.8, 4) is 5.75 Å². The Labute approximate surface area is 123 Å².